The van der Waals surface area contributed by atoms with Crippen LogP contribution in [0.15, 0.2) is 71.4 Å². The molecule has 0 bridgehead atoms. The molecule has 0 aliphatic carbocycles. The fourth-order valence-electron chi connectivity index (χ4n) is 3.32. The fraction of sp³-hybridized carbons (Fsp3) is 0.130. The molecule has 2 aromatic carbocycles. The van der Waals surface area contributed by atoms with Crippen molar-refractivity contribution in [3.63, 3.8) is 0 Å². The van der Waals surface area contributed by atoms with Gasteiger partial charge in [-0.25, -0.2) is 0 Å². The first-order valence-corrected chi connectivity index (χ1v) is 10.1. The van der Waals surface area contributed by atoms with E-state index in [9.17, 15) is 10.1 Å². The Balaban J connectivity index is 1.55. The van der Waals surface area contributed by atoms with Gasteiger partial charge in [0.05, 0.1) is 19.4 Å². The van der Waals surface area contributed by atoms with Crippen molar-refractivity contribution >= 4 is 17.3 Å². The number of methoxy groups -OCH3 is 1. The molecule has 3 aromatic rings. The van der Waals surface area contributed by atoms with Crippen molar-refractivity contribution in [3.8, 4) is 23.3 Å². The van der Waals surface area contributed by atoms with E-state index in [4.69, 9.17) is 19.9 Å². The van der Waals surface area contributed by atoms with Crippen LogP contribution in [-0.2, 0) is 11.2 Å². The van der Waals surface area contributed by atoms with Crippen LogP contribution in [0.3, 0.4) is 0 Å². The number of thiophene rings is 1. The molecule has 30 heavy (non-hydrogen) atoms. The summed E-state index contributed by atoms with van der Waals surface area (Å²) < 4.78 is 16.3. The topological polar surface area (TPSA) is 94.6 Å². The summed E-state index contributed by atoms with van der Waals surface area (Å²) in [5.74, 6) is 0.909. The standard InChI is InChI=1S/C23H18N2O4S/c1-27-15-6-4-14(5-7-15)11-21(26)28-16-8-9-17-19(12-16)29-23(25)18(13-24)22(17)20-3-2-10-30-20/h2-10,12,22H,11,25H2,1H3. The van der Waals surface area contributed by atoms with Gasteiger partial charge in [-0.05, 0) is 35.2 Å². The van der Waals surface area contributed by atoms with Crippen LogP contribution in [0.5, 0.6) is 17.2 Å². The normalized spacial score (nSPS) is 15.0. The molecule has 0 saturated carbocycles. The van der Waals surface area contributed by atoms with Gasteiger partial charge < -0.3 is 19.9 Å². The molecule has 0 saturated heterocycles. The molecule has 0 spiro atoms. The lowest BCUT2D eigenvalue weighted by Crippen LogP contribution is -2.20. The number of carbonyl (C=O) groups excluding carboxylic acids is 1. The molecule has 1 atom stereocenters. The smallest absolute Gasteiger partial charge is 0.315 e. The van der Waals surface area contributed by atoms with E-state index in [0.717, 1.165) is 21.8 Å². The van der Waals surface area contributed by atoms with E-state index in [1.807, 2.05) is 29.6 Å². The molecule has 1 unspecified atom stereocenters. The first-order valence-electron chi connectivity index (χ1n) is 9.17. The predicted octanol–water partition coefficient (Wildman–Crippen LogP) is 4.12. The fourth-order valence-corrected chi connectivity index (χ4v) is 4.18. The molecule has 1 aliphatic rings. The van der Waals surface area contributed by atoms with E-state index in [2.05, 4.69) is 6.07 Å². The van der Waals surface area contributed by atoms with Crippen LogP contribution < -0.4 is 19.9 Å². The number of rotatable bonds is 5. The van der Waals surface area contributed by atoms with Gasteiger partial charge in [0.15, 0.2) is 0 Å². The average Bonchev–Trinajstić information content (AvgIpc) is 3.27. The summed E-state index contributed by atoms with van der Waals surface area (Å²) in [7, 11) is 1.59. The Morgan fingerprint density at radius 2 is 1.97 bits per heavy atom. The Hall–Kier alpha value is -3.76. The number of allylic oxidation sites excluding steroid dienone is 1. The van der Waals surface area contributed by atoms with Gasteiger partial charge in [-0.1, -0.05) is 24.3 Å². The molecule has 2 N–H and O–H groups in total. The number of hydrogen-bond acceptors (Lipinski definition) is 7. The summed E-state index contributed by atoms with van der Waals surface area (Å²) in [6.07, 6.45) is 0.125. The van der Waals surface area contributed by atoms with Crippen molar-refractivity contribution in [1.82, 2.24) is 0 Å². The van der Waals surface area contributed by atoms with E-state index in [1.165, 1.54) is 0 Å². The van der Waals surface area contributed by atoms with Crippen molar-refractivity contribution in [3.05, 3.63) is 87.4 Å². The summed E-state index contributed by atoms with van der Waals surface area (Å²) in [5.41, 5.74) is 7.99. The Bertz CT molecular complexity index is 1140. The second kappa shape index (κ2) is 8.31. The van der Waals surface area contributed by atoms with Gasteiger partial charge in [0.1, 0.15) is 28.9 Å². The Kier molecular flexibility index (Phi) is 5.42. The first kappa shape index (κ1) is 19.6. The number of benzene rings is 2. The van der Waals surface area contributed by atoms with Gasteiger partial charge in [-0.2, -0.15) is 5.26 Å². The van der Waals surface area contributed by atoms with Gasteiger partial charge in [-0.3, -0.25) is 4.79 Å². The van der Waals surface area contributed by atoms with Crippen molar-refractivity contribution in [2.45, 2.75) is 12.3 Å². The maximum Gasteiger partial charge on any atom is 0.315 e. The molecule has 0 fully saturated rings. The zero-order valence-corrected chi connectivity index (χ0v) is 16.9. The van der Waals surface area contributed by atoms with Gasteiger partial charge in [-0.15, -0.1) is 11.3 Å². The maximum atomic E-state index is 12.3. The summed E-state index contributed by atoms with van der Waals surface area (Å²) in [6.45, 7) is 0. The monoisotopic (exact) mass is 418 g/mol. The number of esters is 1. The summed E-state index contributed by atoms with van der Waals surface area (Å²) in [5, 5.41) is 11.5. The van der Waals surface area contributed by atoms with Gasteiger partial charge in [0.25, 0.3) is 0 Å². The number of fused-ring (bicyclic) bond motifs is 1. The lowest BCUT2D eigenvalue weighted by atomic mass is 9.88. The molecular weight excluding hydrogens is 400 g/mol. The van der Waals surface area contributed by atoms with Gasteiger partial charge in [0, 0.05) is 16.5 Å². The van der Waals surface area contributed by atoms with E-state index in [1.54, 1.807) is 48.8 Å². The van der Waals surface area contributed by atoms with Crippen molar-refractivity contribution in [1.29, 1.82) is 5.26 Å². The Morgan fingerprint density at radius 3 is 2.63 bits per heavy atom. The molecule has 7 heteroatoms. The van der Waals surface area contributed by atoms with Crippen LogP contribution in [0.4, 0.5) is 0 Å². The summed E-state index contributed by atoms with van der Waals surface area (Å²) in [6, 6.07) is 18.4. The molecule has 0 radical (unpaired) electrons. The van der Waals surface area contributed by atoms with Gasteiger partial charge in [0.2, 0.25) is 5.88 Å². The molecule has 6 nitrogen and oxygen atoms in total. The lowest BCUT2D eigenvalue weighted by molar-refractivity contribution is -0.133. The SMILES string of the molecule is COc1ccc(CC(=O)Oc2ccc3c(c2)OC(N)=C(C#N)C3c2cccs2)cc1. The van der Waals surface area contributed by atoms with Gasteiger partial charge >= 0.3 is 5.97 Å². The van der Waals surface area contributed by atoms with E-state index in [0.29, 0.717) is 17.1 Å². The maximum absolute atomic E-state index is 12.3. The van der Waals surface area contributed by atoms with Crippen LogP contribution in [-0.4, -0.2) is 13.1 Å². The number of nitrogens with zero attached hydrogens (tertiary/aromatic N) is 1. The third kappa shape index (κ3) is 3.86. The predicted molar refractivity (Wildman–Crippen MR) is 112 cm³/mol. The Labute approximate surface area is 177 Å². The van der Waals surface area contributed by atoms with Crippen LogP contribution in [0, 0.1) is 11.3 Å². The van der Waals surface area contributed by atoms with Crippen molar-refractivity contribution < 1.29 is 19.0 Å². The molecule has 4 rings (SSSR count). The minimum atomic E-state index is -0.396. The molecule has 1 aromatic heterocycles. The minimum absolute atomic E-state index is 0.0603. The van der Waals surface area contributed by atoms with Crippen LogP contribution >= 0.6 is 11.3 Å². The minimum Gasteiger partial charge on any atom is -0.497 e. The molecular formula is C23H18N2O4S. The molecule has 1 aliphatic heterocycles. The second-order valence-corrected chi connectivity index (χ2v) is 7.62. The molecule has 150 valence electrons. The lowest BCUT2D eigenvalue weighted by Gasteiger charge is -2.25. The highest BCUT2D eigenvalue weighted by Gasteiger charge is 2.31. The zero-order valence-electron chi connectivity index (χ0n) is 16.1. The quantitative estimate of drug-likeness (QED) is 0.495. The Morgan fingerprint density at radius 1 is 1.20 bits per heavy atom. The van der Waals surface area contributed by atoms with E-state index in [-0.39, 0.29) is 18.2 Å². The van der Waals surface area contributed by atoms with E-state index >= 15 is 0 Å². The van der Waals surface area contributed by atoms with Crippen molar-refractivity contribution in [2.75, 3.05) is 7.11 Å². The number of ether oxygens (including phenoxy) is 3. The highest BCUT2D eigenvalue weighted by atomic mass is 32.1. The summed E-state index contributed by atoms with van der Waals surface area (Å²) in [4.78, 5) is 13.3. The van der Waals surface area contributed by atoms with E-state index < -0.39 is 5.97 Å². The number of hydrogen-bond donors (Lipinski definition) is 1. The highest BCUT2D eigenvalue weighted by Crippen LogP contribution is 2.44. The first-order chi connectivity index (χ1) is 14.6. The average molecular weight is 418 g/mol. The van der Waals surface area contributed by atoms with Crippen LogP contribution in [0.25, 0.3) is 0 Å². The third-order valence-corrected chi connectivity index (χ3v) is 5.69. The van der Waals surface area contributed by atoms with Crippen molar-refractivity contribution in [2.24, 2.45) is 5.73 Å². The third-order valence-electron chi connectivity index (χ3n) is 4.76. The molecule has 0 amide bonds. The zero-order chi connectivity index (χ0) is 21.1. The largest absolute Gasteiger partial charge is 0.497 e. The van der Waals surface area contributed by atoms with Crippen LogP contribution in [0.1, 0.15) is 21.9 Å². The number of nitriles is 1. The summed E-state index contributed by atoms with van der Waals surface area (Å²) >= 11 is 1.54. The molecule has 2 heterocycles. The van der Waals surface area contributed by atoms with Crippen LogP contribution in [0.2, 0.25) is 0 Å². The number of nitrogens with two attached hydrogens (primary N) is 1. The number of carbonyl (C=O) groups is 1. The second-order valence-electron chi connectivity index (χ2n) is 6.64. The highest BCUT2D eigenvalue weighted by molar-refractivity contribution is 7.10.